The molecular formula is C15H10N4O3S. The zero-order valence-electron chi connectivity index (χ0n) is 11.9. The van der Waals surface area contributed by atoms with E-state index in [2.05, 4.69) is 4.98 Å². The van der Waals surface area contributed by atoms with Gasteiger partial charge in [0.1, 0.15) is 5.56 Å². The van der Waals surface area contributed by atoms with Crippen molar-refractivity contribution < 1.29 is 9.90 Å². The van der Waals surface area contributed by atoms with Crippen LogP contribution in [-0.4, -0.2) is 25.2 Å². The Kier molecular flexibility index (Phi) is 3.56. The van der Waals surface area contributed by atoms with E-state index in [9.17, 15) is 14.7 Å². The lowest BCUT2D eigenvalue weighted by Crippen LogP contribution is -2.26. The Morgan fingerprint density at radius 2 is 2.22 bits per heavy atom. The highest BCUT2D eigenvalue weighted by molar-refractivity contribution is 7.13. The van der Waals surface area contributed by atoms with Crippen LogP contribution in [-0.2, 0) is 0 Å². The normalized spacial score (nSPS) is 10.4. The van der Waals surface area contributed by atoms with Gasteiger partial charge in [-0.1, -0.05) is 0 Å². The summed E-state index contributed by atoms with van der Waals surface area (Å²) in [5, 5.41) is 20.2. The summed E-state index contributed by atoms with van der Waals surface area (Å²) >= 11 is 1.39. The summed E-state index contributed by atoms with van der Waals surface area (Å²) in [6.45, 7) is 1.61. The molecule has 0 bridgehead atoms. The van der Waals surface area contributed by atoms with E-state index in [1.54, 1.807) is 31.8 Å². The number of rotatable bonds is 3. The molecule has 0 radical (unpaired) electrons. The molecule has 0 amide bonds. The molecule has 3 rings (SSSR count). The van der Waals surface area contributed by atoms with Crippen molar-refractivity contribution in [3.8, 4) is 22.3 Å². The first-order valence-corrected chi connectivity index (χ1v) is 7.38. The van der Waals surface area contributed by atoms with Crippen LogP contribution in [0.5, 0.6) is 0 Å². The predicted molar refractivity (Wildman–Crippen MR) is 83.8 cm³/mol. The first kappa shape index (κ1) is 14.7. The number of pyridine rings is 1. The maximum absolute atomic E-state index is 12.0. The third-order valence-corrected chi connectivity index (χ3v) is 4.38. The lowest BCUT2D eigenvalue weighted by molar-refractivity contribution is 0.0694. The zero-order chi connectivity index (χ0) is 16.6. The predicted octanol–water partition coefficient (Wildman–Crippen LogP) is 2.10. The van der Waals surface area contributed by atoms with E-state index in [-0.39, 0.29) is 0 Å². The number of carbonyl (C=O) groups is 1. The number of nitrogens with zero attached hydrogens (tertiary/aromatic N) is 4. The second-order valence-electron chi connectivity index (χ2n) is 4.74. The molecule has 0 fully saturated rings. The molecule has 0 saturated heterocycles. The smallest absolute Gasteiger partial charge is 0.341 e. The largest absolute Gasteiger partial charge is 0.477 e. The summed E-state index contributed by atoms with van der Waals surface area (Å²) in [6, 6.07) is 3.17. The topological polar surface area (TPSA) is 101 Å². The van der Waals surface area contributed by atoms with Gasteiger partial charge in [0.25, 0.3) is 5.56 Å². The molecule has 0 unspecified atom stereocenters. The number of imidazole rings is 1. The van der Waals surface area contributed by atoms with Gasteiger partial charge in [0.2, 0.25) is 0 Å². The van der Waals surface area contributed by atoms with Gasteiger partial charge in [-0.25, -0.2) is 14.3 Å². The molecule has 0 aliphatic heterocycles. The van der Waals surface area contributed by atoms with Crippen molar-refractivity contribution in [1.82, 2.24) is 14.1 Å². The van der Waals surface area contributed by atoms with Crippen LogP contribution in [0.1, 0.15) is 16.1 Å². The second-order valence-corrected chi connectivity index (χ2v) is 5.65. The molecule has 0 saturated carbocycles. The number of hydrogen-bond acceptors (Lipinski definition) is 5. The average molecular weight is 326 g/mol. The monoisotopic (exact) mass is 326 g/mol. The van der Waals surface area contributed by atoms with Gasteiger partial charge in [-0.05, 0) is 19.1 Å². The molecule has 0 atom stereocenters. The Hall–Kier alpha value is -3.18. The average Bonchev–Trinajstić information content (AvgIpc) is 3.18. The Bertz CT molecular complexity index is 993. The Morgan fingerprint density at radius 3 is 2.83 bits per heavy atom. The van der Waals surface area contributed by atoms with E-state index in [0.29, 0.717) is 11.3 Å². The molecule has 3 aromatic heterocycles. The molecule has 7 nitrogen and oxygen atoms in total. The van der Waals surface area contributed by atoms with Crippen LogP contribution >= 0.6 is 11.3 Å². The molecule has 114 valence electrons. The Balaban J connectivity index is 2.21. The van der Waals surface area contributed by atoms with Crippen molar-refractivity contribution in [2.24, 2.45) is 0 Å². The van der Waals surface area contributed by atoms with Gasteiger partial charge in [-0.2, -0.15) is 5.26 Å². The van der Waals surface area contributed by atoms with Crippen LogP contribution in [0.4, 0.5) is 0 Å². The number of aromatic carboxylic acids is 1. The molecule has 8 heteroatoms. The van der Waals surface area contributed by atoms with Gasteiger partial charge in [-0.15, -0.1) is 11.3 Å². The molecule has 1 N–H and O–H groups in total. The van der Waals surface area contributed by atoms with Crippen LogP contribution in [0.2, 0.25) is 0 Å². The number of nitriles is 1. The van der Waals surface area contributed by atoms with E-state index in [4.69, 9.17) is 5.26 Å². The van der Waals surface area contributed by atoms with Crippen molar-refractivity contribution >= 4 is 17.3 Å². The van der Waals surface area contributed by atoms with E-state index >= 15 is 0 Å². The summed E-state index contributed by atoms with van der Waals surface area (Å²) in [7, 11) is 0. The lowest BCUT2D eigenvalue weighted by Gasteiger charge is -2.08. The lowest BCUT2D eigenvalue weighted by atomic mass is 10.1. The van der Waals surface area contributed by atoms with Crippen molar-refractivity contribution in [3.05, 3.63) is 57.8 Å². The molecule has 23 heavy (non-hydrogen) atoms. The fourth-order valence-corrected chi connectivity index (χ4v) is 3.20. The van der Waals surface area contributed by atoms with Gasteiger partial charge in [0.15, 0.2) is 6.19 Å². The Labute approximate surface area is 134 Å². The highest BCUT2D eigenvalue weighted by Crippen LogP contribution is 2.31. The molecule has 3 aromatic rings. The van der Waals surface area contributed by atoms with Crippen molar-refractivity contribution in [2.45, 2.75) is 6.92 Å². The first-order chi connectivity index (χ1) is 11.0. The summed E-state index contributed by atoms with van der Waals surface area (Å²) in [5.74, 6) is -1.35. The van der Waals surface area contributed by atoms with Crippen LogP contribution in [0.3, 0.4) is 0 Å². The third-order valence-electron chi connectivity index (χ3n) is 3.43. The second kappa shape index (κ2) is 5.55. The number of carboxylic acids is 1. The summed E-state index contributed by atoms with van der Waals surface area (Å²) < 4.78 is 2.61. The first-order valence-electron chi connectivity index (χ1n) is 6.50. The van der Waals surface area contributed by atoms with Crippen LogP contribution < -0.4 is 5.56 Å². The fourth-order valence-electron chi connectivity index (χ4n) is 2.24. The van der Waals surface area contributed by atoms with E-state index in [1.165, 1.54) is 17.4 Å². The standard InChI is InChI=1S/C15H10N4O3S/c1-9-11(5-12(15(21)22)14(20)19(9)7-16)13-4-10(6-23-13)18-3-2-17-8-18/h2-6,8H,1H3,(H,21,22). The van der Waals surface area contributed by atoms with E-state index < -0.39 is 17.1 Å². The summed E-state index contributed by atoms with van der Waals surface area (Å²) in [4.78, 5) is 28.0. The molecule has 3 heterocycles. The number of carboxylic acid groups (broad SMARTS) is 1. The maximum Gasteiger partial charge on any atom is 0.341 e. The minimum Gasteiger partial charge on any atom is -0.477 e. The van der Waals surface area contributed by atoms with Crippen molar-refractivity contribution in [1.29, 1.82) is 5.26 Å². The highest BCUT2D eigenvalue weighted by atomic mass is 32.1. The fraction of sp³-hybridized carbons (Fsp3) is 0.0667. The molecular weight excluding hydrogens is 316 g/mol. The van der Waals surface area contributed by atoms with E-state index in [1.807, 2.05) is 16.0 Å². The molecule has 0 aromatic carbocycles. The van der Waals surface area contributed by atoms with Gasteiger partial charge in [0.05, 0.1) is 12.0 Å². The van der Waals surface area contributed by atoms with E-state index in [0.717, 1.165) is 15.1 Å². The van der Waals surface area contributed by atoms with Crippen molar-refractivity contribution in [3.63, 3.8) is 0 Å². The van der Waals surface area contributed by atoms with Crippen LogP contribution in [0.15, 0.2) is 41.0 Å². The van der Waals surface area contributed by atoms with Gasteiger partial charge < -0.3 is 9.67 Å². The maximum atomic E-state index is 12.0. The van der Waals surface area contributed by atoms with Crippen LogP contribution in [0.25, 0.3) is 16.1 Å². The third kappa shape index (κ3) is 2.43. The van der Waals surface area contributed by atoms with Gasteiger partial charge >= 0.3 is 5.97 Å². The minimum atomic E-state index is -1.35. The van der Waals surface area contributed by atoms with Gasteiger partial charge in [0, 0.05) is 33.9 Å². The minimum absolute atomic E-state index is 0.404. The number of aromatic nitrogens is 3. The number of hydrogen-bond donors (Lipinski definition) is 1. The van der Waals surface area contributed by atoms with Crippen molar-refractivity contribution in [2.75, 3.05) is 0 Å². The summed E-state index contributed by atoms with van der Waals surface area (Å²) in [6.07, 6.45) is 6.83. The molecule has 0 aliphatic carbocycles. The highest BCUT2D eigenvalue weighted by Gasteiger charge is 2.18. The Morgan fingerprint density at radius 1 is 1.43 bits per heavy atom. The summed E-state index contributed by atoms with van der Waals surface area (Å²) in [5.41, 5.74) is 0.562. The van der Waals surface area contributed by atoms with Crippen LogP contribution in [0, 0.1) is 18.4 Å². The zero-order valence-corrected chi connectivity index (χ0v) is 12.7. The molecule has 0 aliphatic rings. The molecule has 0 spiro atoms. The SMILES string of the molecule is Cc1c(-c2cc(-n3ccnc3)cs2)cc(C(=O)O)c(=O)n1C#N. The quantitative estimate of drug-likeness (QED) is 0.794. The van der Waals surface area contributed by atoms with Gasteiger partial charge in [-0.3, -0.25) is 4.79 Å². The number of thiophene rings is 1.